The first-order chi connectivity index (χ1) is 6.49. The molecule has 0 saturated carbocycles. The minimum Gasteiger partial charge on any atom is -0.389 e. The fourth-order valence-corrected chi connectivity index (χ4v) is 1.17. The first-order valence-corrected chi connectivity index (χ1v) is 4.46. The van der Waals surface area contributed by atoms with Crippen molar-refractivity contribution >= 4 is 28.9 Å². The highest BCUT2D eigenvalue weighted by atomic mass is 32.1. The van der Waals surface area contributed by atoms with Crippen molar-refractivity contribution in [3.05, 3.63) is 23.4 Å². The Morgan fingerprint density at radius 1 is 1.57 bits per heavy atom. The van der Waals surface area contributed by atoms with Gasteiger partial charge in [0.2, 0.25) is 5.91 Å². The van der Waals surface area contributed by atoms with E-state index in [1.54, 1.807) is 12.1 Å². The van der Waals surface area contributed by atoms with Crippen molar-refractivity contribution in [3.8, 4) is 0 Å². The van der Waals surface area contributed by atoms with E-state index in [2.05, 4.69) is 10.3 Å². The molecule has 0 spiro atoms. The molecule has 0 aliphatic heterocycles. The molecule has 14 heavy (non-hydrogen) atoms. The predicted octanol–water partition coefficient (Wildman–Crippen LogP) is 0.983. The zero-order valence-electron chi connectivity index (χ0n) is 8.00. The molecule has 0 aliphatic carbocycles. The Morgan fingerprint density at radius 3 is 2.71 bits per heavy atom. The number of hydrogen-bond acceptors (Lipinski definition) is 3. The van der Waals surface area contributed by atoms with Gasteiger partial charge in [-0.05, 0) is 19.1 Å². The molecule has 0 radical (unpaired) electrons. The molecule has 1 heterocycles. The lowest BCUT2D eigenvalue weighted by atomic mass is 10.2. The van der Waals surface area contributed by atoms with E-state index in [1.165, 1.54) is 6.92 Å². The topological polar surface area (TPSA) is 68.0 Å². The summed E-state index contributed by atoms with van der Waals surface area (Å²) in [6.07, 6.45) is 0. The van der Waals surface area contributed by atoms with Crippen LogP contribution in [0.25, 0.3) is 0 Å². The highest BCUT2D eigenvalue weighted by Gasteiger charge is 2.03. The number of pyridine rings is 1. The summed E-state index contributed by atoms with van der Waals surface area (Å²) in [5.41, 5.74) is 6.94. The molecule has 3 N–H and O–H groups in total. The average Bonchev–Trinajstić information content (AvgIpc) is 2.01. The van der Waals surface area contributed by atoms with Crippen LogP contribution >= 0.6 is 12.2 Å². The van der Waals surface area contributed by atoms with Gasteiger partial charge in [-0.1, -0.05) is 12.2 Å². The number of nitrogens with one attached hydrogen (secondary N) is 1. The van der Waals surface area contributed by atoms with Gasteiger partial charge in [-0.25, -0.2) is 4.98 Å². The Kier molecular flexibility index (Phi) is 3.14. The molecular weight excluding hydrogens is 198 g/mol. The summed E-state index contributed by atoms with van der Waals surface area (Å²) < 4.78 is 0. The van der Waals surface area contributed by atoms with Crippen molar-refractivity contribution in [1.82, 2.24) is 4.98 Å². The summed E-state index contributed by atoms with van der Waals surface area (Å²) >= 11 is 4.83. The quantitative estimate of drug-likeness (QED) is 0.712. The van der Waals surface area contributed by atoms with Gasteiger partial charge in [-0.15, -0.1) is 0 Å². The summed E-state index contributed by atoms with van der Waals surface area (Å²) in [7, 11) is 0. The fraction of sp³-hybridized carbons (Fsp3) is 0.222. The number of aromatic nitrogens is 1. The largest absolute Gasteiger partial charge is 0.389 e. The van der Waals surface area contributed by atoms with E-state index in [4.69, 9.17) is 18.0 Å². The maximum Gasteiger partial charge on any atom is 0.222 e. The molecule has 1 rings (SSSR count). The molecule has 1 amide bonds. The minimum atomic E-state index is -0.169. The van der Waals surface area contributed by atoms with Crippen LogP contribution < -0.4 is 11.1 Å². The molecule has 1 aromatic rings. The van der Waals surface area contributed by atoms with Crippen LogP contribution in [0.15, 0.2) is 12.1 Å². The Balaban J connectivity index is 3.07. The normalized spacial score (nSPS) is 9.57. The van der Waals surface area contributed by atoms with Crippen LogP contribution in [0.4, 0.5) is 5.82 Å². The number of carbonyl (C=O) groups is 1. The first-order valence-electron chi connectivity index (χ1n) is 4.05. The number of nitrogens with two attached hydrogens (primary N) is 1. The number of amides is 1. The monoisotopic (exact) mass is 209 g/mol. The lowest BCUT2D eigenvalue weighted by Crippen LogP contribution is -2.13. The van der Waals surface area contributed by atoms with E-state index in [-0.39, 0.29) is 5.91 Å². The molecule has 4 nitrogen and oxygen atoms in total. The average molecular weight is 209 g/mol. The lowest BCUT2D eigenvalue weighted by molar-refractivity contribution is -0.114. The minimum absolute atomic E-state index is 0.169. The third-order valence-electron chi connectivity index (χ3n) is 1.54. The highest BCUT2D eigenvalue weighted by Crippen LogP contribution is 2.09. The van der Waals surface area contributed by atoms with Crippen molar-refractivity contribution < 1.29 is 4.79 Å². The highest BCUT2D eigenvalue weighted by molar-refractivity contribution is 7.80. The van der Waals surface area contributed by atoms with E-state index >= 15 is 0 Å². The Bertz CT molecular complexity index is 390. The summed E-state index contributed by atoms with van der Waals surface area (Å²) in [5, 5.41) is 2.58. The standard InChI is InChI=1S/C9H11N3OS/c1-5-3-7(9(10)14)4-8(11-5)12-6(2)13/h3-4H,1-2H3,(H2,10,14)(H,11,12,13). The second-order valence-corrected chi connectivity index (χ2v) is 3.37. The van der Waals surface area contributed by atoms with Gasteiger partial charge in [0.05, 0.1) is 0 Å². The van der Waals surface area contributed by atoms with Crippen molar-refractivity contribution in [1.29, 1.82) is 0 Å². The summed E-state index contributed by atoms with van der Waals surface area (Å²) in [5.74, 6) is 0.303. The van der Waals surface area contributed by atoms with Gasteiger partial charge in [0.1, 0.15) is 10.8 Å². The second-order valence-electron chi connectivity index (χ2n) is 2.93. The number of carbonyl (C=O) groups excluding carboxylic acids is 1. The smallest absolute Gasteiger partial charge is 0.222 e. The molecule has 0 saturated heterocycles. The summed E-state index contributed by atoms with van der Waals surface area (Å²) in [6, 6.07) is 3.42. The molecule has 0 unspecified atom stereocenters. The zero-order chi connectivity index (χ0) is 10.7. The van der Waals surface area contributed by atoms with Gasteiger partial charge in [-0.3, -0.25) is 4.79 Å². The maximum absolute atomic E-state index is 10.8. The van der Waals surface area contributed by atoms with E-state index in [0.29, 0.717) is 16.4 Å². The Morgan fingerprint density at radius 2 is 2.21 bits per heavy atom. The molecule has 0 atom stereocenters. The Labute approximate surface area is 87.5 Å². The molecule has 1 aromatic heterocycles. The molecule has 0 aliphatic rings. The molecule has 0 bridgehead atoms. The van der Waals surface area contributed by atoms with Crippen molar-refractivity contribution in [2.75, 3.05) is 5.32 Å². The first kappa shape index (κ1) is 10.6. The fourth-order valence-electron chi connectivity index (χ4n) is 1.06. The van der Waals surface area contributed by atoms with Crippen LogP contribution in [-0.4, -0.2) is 15.9 Å². The number of thiocarbonyl (C=S) groups is 1. The van der Waals surface area contributed by atoms with Crippen LogP contribution in [0.2, 0.25) is 0 Å². The van der Waals surface area contributed by atoms with Gasteiger partial charge in [0.25, 0.3) is 0 Å². The summed E-state index contributed by atoms with van der Waals surface area (Å²) in [6.45, 7) is 3.23. The van der Waals surface area contributed by atoms with E-state index in [1.807, 2.05) is 6.92 Å². The van der Waals surface area contributed by atoms with Gasteiger partial charge in [0.15, 0.2) is 0 Å². The van der Waals surface area contributed by atoms with Crippen LogP contribution in [0.1, 0.15) is 18.2 Å². The summed E-state index contributed by atoms with van der Waals surface area (Å²) in [4.78, 5) is 15.2. The third kappa shape index (κ3) is 2.77. The number of aryl methyl sites for hydroxylation is 1. The van der Waals surface area contributed by atoms with E-state index < -0.39 is 0 Å². The van der Waals surface area contributed by atoms with Crippen molar-refractivity contribution in [3.63, 3.8) is 0 Å². The van der Waals surface area contributed by atoms with Gasteiger partial charge >= 0.3 is 0 Å². The molecule has 74 valence electrons. The van der Waals surface area contributed by atoms with Crippen molar-refractivity contribution in [2.45, 2.75) is 13.8 Å². The number of nitrogens with zero attached hydrogens (tertiary/aromatic N) is 1. The second kappa shape index (κ2) is 4.15. The SMILES string of the molecule is CC(=O)Nc1cc(C(N)=S)cc(C)n1. The number of rotatable bonds is 2. The predicted molar refractivity (Wildman–Crippen MR) is 59.2 cm³/mol. The van der Waals surface area contributed by atoms with Crippen LogP contribution in [0.5, 0.6) is 0 Å². The van der Waals surface area contributed by atoms with Crippen LogP contribution in [-0.2, 0) is 4.79 Å². The molecular formula is C9H11N3OS. The van der Waals surface area contributed by atoms with Gasteiger partial charge < -0.3 is 11.1 Å². The molecule has 0 aromatic carbocycles. The molecule has 5 heteroatoms. The van der Waals surface area contributed by atoms with Crippen LogP contribution in [0, 0.1) is 6.92 Å². The van der Waals surface area contributed by atoms with Crippen molar-refractivity contribution in [2.24, 2.45) is 5.73 Å². The zero-order valence-corrected chi connectivity index (χ0v) is 8.81. The van der Waals surface area contributed by atoms with Crippen LogP contribution in [0.3, 0.4) is 0 Å². The Hall–Kier alpha value is -1.49. The van der Waals surface area contributed by atoms with E-state index in [0.717, 1.165) is 5.69 Å². The lowest BCUT2D eigenvalue weighted by Gasteiger charge is -2.05. The number of hydrogen-bond donors (Lipinski definition) is 2. The molecule has 0 fully saturated rings. The van der Waals surface area contributed by atoms with E-state index in [9.17, 15) is 4.79 Å². The number of anilines is 1. The third-order valence-corrected chi connectivity index (χ3v) is 1.78. The maximum atomic E-state index is 10.8. The van der Waals surface area contributed by atoms with Gasteiger partial charge in [-0.2, -0.15) is 0 Å². The van der Waals surface area contributed by atoms with Gasteiger partial charge in [0, 0.05) is 18.2 Å².